The normalized spacial score (nSPS) is 10.2. The van der Waals surface area contributed by atoms with Crippen molar-refractivity contribution in [2.24, 2.45) is 5.73 Å². The van der Waals surface area contributed by atoms with Crippen LogP contribution in [0.4, 0.5) is 0 Å². The van der Waals surface area contributed by atoms with Gasteiger partial charge < -0.3 is 10.5 Å². The van der Waals surface area contributed by atoms with Crippen molar-refractivity contribution in [3.63, 3.8) is 0 Å². The monoisotopic (exact) mass is 249 g/mol. The number of primary amides is 1. The summed E-state index contributed by atoms with van der Waals surface area (Å²) in [5.41, 5.74) is 6.48. The lowest BCUT2D eigenvalue weighted by Crippen LogP contribution is -2.10. The van der Waals surface area contributed by atoms with E-state index in [1.165, 1.54) is 11.5 Å². The molecule has 0 spiro atoms. The van der Waals surface area contributed by atoms with Crippen LogP contribution in [0.15, 0.2) is 24.3 Å². The average molecular weight is 249 g/mol. The van der Waals surface area contributed by atoms with Gasteiger partial charge in [-0.15, -0.1) is 5.10 Å². The fourth-order valence-corrected chi connectivity index (χ4v) is 1.79. The number of hydrogen-bond donors (Lipinski definition) is 1. The summed E-state index contributed by atoms with van der Waals surface area (Å²) in [5.74, 6) is 0.238. The Morgan fingerprint density at radius 2 is 2.12 bits per heavy atom. The first-order chi connectivity index (χ1) is 8.16. The highest BCUT2D eigenvalue weighted by Gasteiger charge is 2.04. The minimum absolute atomic E-state index is 0.430. The van der Waals surface area contributed by atoms with Crippen LogP contribution in [0.25, 0.3) is 0 Å². The zero-order valence-corrected chi connectivity index (χ0v) is 10.0. The summed E-state index contributed by atoms with van der Waals surface area (Å²) in [6.45, 7) is 2.32. The molecule has 2 rings (SSSR count). The van der Waals surface area contributed by atoms with Gasteiger partial charge in [0.1, 0.15) is 12.4 Å². The van der Waals surface area contributed by atoms with Crippen molar-refractivity contribution in [1.82, 2.24) is 9.59 Å². The van der Waals surface area contributed by atoms with E-state index in [1.807, 2.05) is 6.92 Å². The standard InChI is InChI=1S/C11H11N3O2S/c1-7-10(17-14-13-7)6-16-9-4-2-8(3-5-9)11(12)15/h2-5H,6H2,1H3,(H2,12,15). The van der Waals surface area contributed by atoms with Crippen molar-refractivity contribution in [1.29, 1.82) is 0 Å². The summed E-state index contributed by atoms with van der Waals surface area (Å²) in [6, 6.07) is 6.69. The third-order valence-electron chi connectivity index (χ3n) is 2.25. The molecule has 1 heterocycles. The lowest BCUT2D eigenvalue weighted by molar-refractivity contribution is 0.100. The van der Waals surface area contributed by atoms with E-state index in [1.54, 1.807) is 24.3 Å². The first-order valence-corrected chi connectivity index (χ1v) is 5.74. The van der Waals surface area contributed by atoms with Gasteiger partial charge in [-0.3, -0.25) is 4.79 Å². The Morgan fingerprint density at radius 3 is 2.65 bits per heavy atom. The first kappa shape index (κ1) is 11.5. The lowest BCUT2D eigenvalue weighted by atomic mass is 10.2. The van der Waals surface area contributed by atoms with Crippen LogP contribution < -0.4 is 10.5 Å². The molecular formula is C11H11N3O2S. The van der Waals surface area contributed by atoms with Gasteiger partial charge in [0.2, 0.25) is 5.91 Å². The predicted molar refractivity (Wildman–Crippen MR) is 63.9 cm³/mol. The topological polar surface area (TPSA) is 78.1 Å². The number of benzene rings is 1. The van der Waals surface area contributed by atoms with Gasteiger partial charge in [0.15, 0.2) is 0 Å². The van der Waals surface area contributed by atoms with Gasteiger partial charge in [0.05, 0.1) is 10.6 Å². The number of nitrogens with two attached hydrogens (primary N) is 1. The summed E-state index contributed by atoms with van der Waals surface area (Å²) >= 11 is 1.32. The summed E-state index contributed by atoms with van der Waals surface area (Å²) in [7, 11) is 0. The molecule has 2 N–H and O–H groups in total. The third-order valence-corrected chi connectivity index (χ3v) is 3.05. The Kier molecular flexibility index (Phi) is 3.34. The van der Waals surface area contributed by atoms with E-state index in [0.29, 0.717) is 17.9 Å². The summed E-state index contributed by atoms with van der Waals surface area (Å²) in [6.07, 6.45) is 0. The molecule has 0 atom stereocenters. The van der Waals surface area contributed by atoms with E-state index in [-0.39, 0.29) is 0 Å². The molecule has 5 nitrogen and oxygen atoms in total. The number of carbonyl (C=O) groups is 1. The molecule has 17 heavy (non-hydrogen) atoms. The van der Waals surface area contributed by atoms with E-state index in [0.717, 1.165) is 10.6 Å². The second-order valence-corrected chi connectivity index (χ2v) is 4.30. The average Bonchev–Trinajstić information content (AvgIpc) is 2.73. The molecule has 0 fully saturated rings. The zero-order chi connectivity index (χ0) is 12.3. The number of rotatable bonds is 4. The molecular weight excluding hydrogens is 238 g/mol. The van der Waals surface area contributed by atoms with E-state index in [9.17, 15) is 4.79 Å². The maximum Gasteiger partial charge on any atom is 0.248 e. The molecule has 0 bridgehead atoms. The molecule has 0 aliphatic rings. The van der Waals surface area contributed by atoms with Crippen LogP contribution in [0.3, 0.4) is 0 Å². The number of hydrogen-bond acceptors (Lipinski definition) is 5. The van der Waals surface area contributed by atoms with E-state index in [2.05, 4.69) is 9.59 Å². The van der Waals surface area contributed by atoms with Crippen molar-refractivity contribution in [3.05, 3.63) is 40.4 Å². The highest BCUT2D eigenvalue weighted by Crippen LogP contribution is 2.16. The molecule has 0 saturated carbocycles. The van der Waals surface area contributed by atoms with Crippen molar-refractivity contribution >= 4 is 17.4 Å². The predicted octanol–water partition coefficient (Wildman–Crippen LogP) is 1.52. The Morgan fingerprint density at radius 1 is 1.41 bits per heavy atom. The third kappa shape index (κ3) is 2.79. The lowest BCUT2D eigenvalue weighted by Gasteiger charge is -2.04. The van der Waals surface area contributed by atoms with Crippen molar-refractivity contribution < 1.29 is 9.53 Å². The van der Waals surface area contributed by atoms with E-state index in [4.69, 9.17) is 10.5 Å². The van der Waals surface area contributed by atoms with Crippen molar-refractivity contribution in [2.75, 3.05) is 0 Å². The molecule has 88 valence electrons. The quantitative estimate of drug-likeness (QED) is 0.891. The molecule has 6 heteroatoms. The smallest absolute Gasteiger partial charge is 0.248 e. The highest BCUT2D eigenvalue weighted by molar-refractivity contribution is 7.05. The fourth-order valence-electron chi connectivity index (χ4n) is 1.25. The number of aryl methyl sites for hydroxylation is 1. The Labute approximate surface area is 102 Å². The number of amides is 1. The molecule has 0 unspecified atom stereocenters. The van der Waals surface area contributed by atoms with Gasteiger partial charge in [-0.05, 0) is 42.7 Å². The molecule has 1 amide bonds. The van der Waals surface area contributed by atoms with Gasteiger partial charge in [-0.25, -0.2) is 0 Å². The van der Waals surface area contributed by atoms with Crippen molar-refractivity contribution in [2.45, 2.75) is 13.5 Å². The maximum absolute atomic E-state index is 10.9. The Bertz CT molecular complexity index is 522. The molecule has 1 aromatic carbocycles. The largest absolute Gasteiger partial charge is 0.488 e. The Balaban J connectivity index is 2.00. The van der Waals surface area contributed by atoms with Gasteiger partial charge in [-0.2, -0.15) is 0 Å². The SMILES string of the molecule is Cc1nnsc1COc1ccc(C(N)=O)cc1. The van der Waals surface area contributed by atoms with E-state index >= 15 is 0 Å². The highest BCUT2D eigenvalue weighted by atomic mass is 32.1. The first-order valence-electron chi connectivity index (χ1n) is 4.97. The second-order valence-electron chi connectivity index (χ2n) is 3.46. The van der Waals surface area contributed by atoms with Crippen LogP contribution in [0, 0.1) is 6.92 Å². The number of ether oxygens (including phenoxy) is 1. The van der Waals surface area contributed by atoms with Crippen LogP contribution in [-0.4, -0.2) is 15.5 Å². The molecule has 0 saturated heterocycles. The van der Waals surface area contributed by atoms with Crippen LogP contribution in [0.2, 0.25) is 0 Å². The van der Waals surface area contributed by atoms with Crippen LogP contribution in [0.5, 0.6) is 5.75 Å². The Hall–Kier alpha value is -1.95. The minimum atomic E-state index is -0.445. The summed E-state index contributed by atoms with van der Waals surface area (Å²) in [4.78, 5) is 11.9. The molecule has 0 aliphatic heterocycles. The summed E-state index contributed by atoms with van der Waals surface area (Å²) in [5, 5.41) is 3.89. The molecule has 0 aliphatic carbocycles. The van der Waals surface area contributed by atoms with Crippen molar-refractivity contribution in [3.8, 4) is 5.75 Å². The van der Waals surface area contributed by atoms with Gasteiger partial charge in [0.25, 0.3) is 0 Å². The number of aromatic nitrogens is 2. The van der Waals surface area contributed by atoms with Gasteiger partial charge >= 0.3 is 0 Å². The molecule has 0 radical (unpaired) electrons. The maximum atomic E-state index is 10.9. The van der Waals surface area contributed by atoms with Crippen LogP contribution in [-0.2, 0) is 6.61 Å². The van der Waals surface area contributed by atoms with Gasteiger partial charge in [0, 0.05) is 5.56 Å². The second kappa shape index (κ2) is 4.92. The van der Waals surface area contributed by atoms with E-state index < -0.39 is 5.91 Å². The van der Waals surface area contributed by atoms with Crippen LogP contribution >= 0.6 is 11.5 Å². The summed E-state index contributed by atoms with van der Waals surface area (Å²) < 4.78 is 9.37. The van der Waals surface area contributed by atoms with Gasteiger partial charge in [-0.1, -0.05) is 4.49 Å². The number of carbonyl (C=O) groups excluding carboxylic acids is 1. The number of nitrogens with zero attached hydrogens (tertiary/aromatic N) is 2. The minimum Gasteiger partial charge on any atom is -0.488 e. The molecule has 1 aromatic heterocycles. The fraction of sp³-hybridized carbons (Fsp3) is 0.182. The zero-order valence-electron chi connectivity index (χ0n) is 9.21. The van der Waals surface area contributed by atoms with Crippen LogP contribution in [0.1, 0.15) is 20.9 Å². The molecule has 2 aromatic rings.